The minimum absolute atomic E-state index is 0. The van der Waals surface area contributed by atoms with Crippen molar-refractivity contribution >= 4 is 11.8 Å². The molecule has 0 spiro atoms. The molecule has 130 valence electrons. The molecule has 0 saturated heterocycles. The smallest absolute Gasteiger partial charge is 0.550 e. The van der Waals surface area contributed by atoms with Gasteiger partial charge in [0.15, 0.2) is 0 Å². The number of carbonyl (C=O) groups is 2. The molecule has 1 saturated carbocycles. The van der Waals surface area contributed by atoms with Crippen LogP contribution in [0.2, 0.25) is 0 Å². The summed E-state index contributed by atoms with van der Waals surface area (Å²) >= 11 is 0. The number of benzene rings is 2. The van der Waals surface area contributed by atoms with Gasteiger partial charge >= 0.3 is 29.6 Å². The van der Waals surface area contributed by atoms with Crippen LogP contribution in [0.3, 0.4) is 0 Å². The van der Waals surface area contributed by atoms with Gasteiger partial charge in [0.25, 0.3) is 0 Å². The molecule has 1 aliphatic rings. The Morgan fingerprint density at radius 1 is 1.23 bits per heavy atom. The molecule has 5 heteroatoms. The molecule has 2 aromatic rings. The van der Waals surface area contributed by atoms with Gasteiger partial charge in [0.1, 0.15) is 11.6 Å². The number of rotatable bonds is 5. The van der Waals surface area contributed by atoms with Gasteiger partial charge in [-0.1, -0.05) is 37.3 Å². The number of carboxylic acids is 1. The predicted molar refractivity (Wildman–Crippen MR) is 91.3 cm³/mol. The normalized spacial score (nSPS) is 17.6. The van der Waals surface area contributed by atoms with Crippen LogP contribution >= 0.6 is 0 Å². The van der Waals surface area contributed by atoms with E-state index >= 15 is 0 Å². The Kier molecular flexibility index (Phi) is 7.16. The van der Waals surface area contributed by atoms with Crippen molar-refractivity contribution in [3.63, 3.8) is 0 Å². The second-order valence-corrected chi connectivity index (χ2v) is 6.73. The summed E-state index contributed by atoms with van der Waals surface area (Å²) in [7, 11) is 0. The third-order valence-corrected chi connectivity index (χ3v) is 5.01. The van der Waals surface area contributed by atoms with Crippen LogP contribution in [0.1, 0.15) is 43.2 Å². The fourth-order valence-corrected chi connectivity index (χ4v) is 3.50. The van der Waals surface area contributed by atoms with E-state index < -0.39 is 11.9 Å². The van der Waals surface area contributed by atoms with Crippen LogP contribution in [0.25, 0.3) is 11.1 Å². The summed E-state index contributed by atoms with van der Waals surface area (Å²) in [6, 6.07) is 11.6. The number of ketones is 1. The molecule has 0 aromatic heterocycles. The van der Waals surface area contributed by atoms with Gasteiger partial charge in [-0.15, -0.1) is 0 Å². The van der Waals surface area contributed by atoms with Gasteiger partial charge in [-0.05, 0) is 53.6 Å². The Morgan fingerprint density at radius 3 is 2.50 bits per heavy atom. The van der Waals surface area contributed by atoms with Crippen molar-refractivity contribution in [3.8, 4) is 11.1 Å². The molecule has 0 N–H and O–H groups in total. The van der Waals surface area contributed by atoms with Crippen LogP contribution in [-0.2, 0) is 16.0 Å². The largest absolute Gasteiger partial charge is 1.00 e. The zero-order chi connectivity index (χ0) is 18.0. The van der Waals surface area contributed by atoms with Gasteiger partial charge in [0.05, 0.1) is 0 Å². The van der Waals surface area contributed by atoms with E-state index in [9.17, 15) is 19.1 Å². The minimum Gasteiger partial charge on any atom is -0.550 e. The predicted octanol–water partition coefficient (Wildman–Crippen LogP) is 0.262. The first-order valence-corrected chi connectivity index (χ1v) is 8.58. The number of aliphatic carboxylic acids is 1. The second-order valence-electron chi connectivity index (χ2n) is 6.73. The monoisotopic (exact) mass is 362 g/mol. The molecule has 0 amide bonds. The van der Waals surface area contributed by atoms with E-state index in [-0.39, 0.29) is 41.3 Å². The van der Waals surface area contributed by atoms with Crippen LogP contribution in [-0.4, -0.2) is 11.8 Å². The van der Waals surface area contributed by atoms with Crippen molar-refractivity contribution in [2.24, 2.45) is 5.92 Å². The molecule has 0 heterocycles. The molecule has 2 atom stereocenters. The Labute approximate surface area is 174 Å². The number of hydrogen-bond donors (Lipinski definition) is 0. The van der Waals surface area contributed by atoms with Crippen molar-refractivity contribution in [2.75, 3.05) is 0 Å². The van der Waals surface area contributed by atoms with Crippen molar-refractivity contribution in [1.29, 1.82) is 0 Å². The molecule has 26 heavy (non-hydrogen) atoms. The molecular formula is C21H20FNaO3. The first-order chi connectivity index (χ1) is 12.0. The molecule has 3 nitrogen and oxygen atoms in total. The fourth-order valence-electron chi connectivity index (χ4n) is 3.50. The summed E-state index contributed by atoms with van der Waals surface area (Å²) in [5, 5.41) is 11.3. The first-order valence-electron chi connectivity index (χ1n) is 8.58. The van der Waals surface area contributed by atoms with E-state index in [0.29, 0.717) is 24.2 Å². The molecule has 0 radical (unpaired) electrons. The third-order valence-electron chi connectivity index (χ3n) is 5.01. The SMILES string of the molecule is CC(C(=O)[O-])c1ccc(CC2CCCC2=O)cc1-c1ccc(F)cc1.[Na+]. The molecule has 2 aromatic carbocycles. The van der Waals surface area contributed by atoms with Crippen LogP contribution in [0.5, 0.6) is 0 Å². The summed E-state index contributed by atoms with van der Waals surface area (Å²) in [6.45, 7) is 1.58. The topological polar surface area (TPSA) is 57.2 Å². The summed E-state index contributed by atoms with van der Waals surface area (Å²) < 4.78 is 13.2. The van der Waals surface area contributed by atoms with Crippen molar-refractivity contribution in [2.45, 2.75) is 38.5 Å². The van der Waals surface area contributed by atoms with Gasteiger partial charge in [-0.2, -0.15) is 0 Å². The zero-order valence-electron chi connectivity index (χ0n) is 15.1. The number of hydrogen-bond acceptors (Lipinski definition) is 3. The van der Waals surface area contributed by atoms with Gasteiger partial charge in [-0.25, -0.2) is 4.39 Å². The molecule has 1 fully saturated rings. The summed E-state index contributed by atoms with van der Waals surface area (Å²) in [5.74, 6) is -1.92. The number of carboxylic acid groups (broad SMARTS) is 1. The van der Waals surface area contributed by atoms with E-state index in [0.717, 1.165) is 29.5 Å². The second kappa shape index (κ2) is 8.94. The van der Waals surface area contributed by atoms with E-state index in [1.54, 1.807) is 25.1 Å². The average molecular weight is 362 g/mol. The number of carbonyl (C=O) groups excluding carboxylic acids is 2. The molecule has 0 bridgehead atoms. The molecule has 1 aliphatic carbocycles. The van der Waals surface area contributed by atoms with Gasteiger partial charge in [0, 0.05) is 24.2 Å². The fraction of sp³-hybridized carbons (Fsp3) is 0.333. The van der Waals surface area contributed by atoms with Crippen LogP contribution in [0, 0.1) is 11.7 Å². The van der Waals surface area contributed by atoms with Crippen molar-refractivity contribution < 1.29 is 48.6 Å². The van der Waals surface area contributed by atoms with Crippen LogP contribution in [0.4, 0.5) is 4.39 Å². The first kappa shape index (κ1) is 20.8. The quantitative estimate of drug-likeness (QED) is 0.717. The maximum Gasteiger partial charge on any atom is 1.00 e. The standard InChI is InChI=1S/C21H21FO3.Na/c1-13(21(24)25)18-10-5-14(11-16-3-2-4-20(16)23)12-19(18)15-6-8-17(22)9-7-15;/h5-10,12-13,16H,2-4,11H2,1H3,(H,24,25);/q;+1/p-1. The number of Topliss-reactive ketones (excluding diaryl/α,β-unsaturated/α-hetero) is 1. The Hall–Kier alpha value is -1.49. The van der Waals surface area contributed by atoms with E-state index in [4.69, 9.17) is 0 Å². The van der Waals surface area contributed by atoms with Crippen LogP contribution in [0.15, 0.2) is 42.5 Å². The average Bonchev–Trinajstić information content (AvgIpc) is 2.99. The maximum absolute atomic E-state index is 13.2. The Balaban J connectivity index is 0.00000243. The van der Waals surface area contributed by atoms with Gasteiger partial charge in [0.2, 0.25) is 0 Å². The van der Waals surface area contributed by atoms with Crippen molar-refractivity contribution in [3.05, 3.63) is 59.4 Å². The summed E-state index contributed by atoms with van der Waals surface area (Å²) in [4.78, 5) is 23.2. The van der Waals surface area contributed by atoms with E-state index in [2.05, 4.69) is 0 Å². The maximum atomic E-state index is 13.2. The molecule has 3 rings (SSSR count). The summed E-state index contributed by atoms with van der Waals surface area (Å²) in [5.41, 5.74) is 3.13. The van der Waals surface area contributed by atoms with E-state index in [1.807, 2.05) is 12.1 Å². The van der Waals surface area contributed by atoms with E-state index in [1.165, 1.54) is 12.1 Å². The zero-order valence-corrected chi connectivity index (χ0v) is 17.1. The molecular weight excluding hydrogens is 342 g/mol. The molecule has 2 unspecified atom stereocenters. The van der Waals surface area contributed by atoms with Crippen molar-refractivity contribution in [1.82, 2.24) is 0 Å². The Bertz CT molecular complexity index is 801. The van der Waals surface area contributed by atoms with Gasteiger partial charge in [-0.3, -0.25) is 4.79 Å². The Morgan fingerprint density at radius 2 is 1.92 bits per heavy atom. The molecule has 0 aliphatic heterocycles. The van der Waals surface area contributed by atoms with Gasteiger partial charge < -0.3 is 9.90 Å². The third kappa shape index (κ3) is 4.61. The minimum atomic E-state index is -1.15. The number of halogens is 1. The summed E-state index contributed by atoms with van der Waals surface area (Å²) in [6.07, 6.45) is 3.15. The van der Waals surface area contributed by atoms with Crippen LogP contribution < -0.4 is 34.7 Å².